The van der Waals surface area contributed by atoms with E-state index in [2.05, 4.69) is 22.5 Å². The lowest BCUT2D eigenvalue weighted by Crippen LogP contribution is -2.54. The zero-order valence-electron chi connectivity index (χ0n) is 33.3. The number of rotatable bonds is 19. The summed E-state index contributed by atoms with van der Waals surface area (Å²) in [5.74, 6) is 1.43. The molecule has 3 atom stereocenters. The Bertz CT molecular complexity index is 2020. The molecule has 0 spiro atoms. The van der Waals surface area contributed by atoms with Crippen molar-refractivity contribution in [2.45, 2.75) is 96.7 Å². The van der Waals surface area contributed by atoms with E-state index < -0.39 is 54.2 Å². The number of hydroxylamine groups is 2. The minimum Gasteiger partial charge on any atom is -0.369 e. The van der Waals surface area contributed by atoms with Crippen molar-refractivity contribution < 1.29 is 52.7 Å². The summed E-state index contributed by atoms with van der Waals surface area (Å²) in [5, 5.41) is 5.72. The van der Waals surface area contributed by atoms with Gasteiger partial charge in [-0.15, -0.1) is 5.06 Å². The highest BCUT2D eigenvalue weighted by molar-refractivity contribution is 6.02. The number of nitrogens with zero attached hydrogens (tertiary/aromatic N) is 3. The predicted molar refractivity (Wildman–Crippen MR) is 210 cm³/mol. The highest BCUT2D eigenvalue weighted by atomic mass is 16.7. The Morgan fingerprint density at radius 1 is 0.847 bits per heavy atom. The predicted octanol–water partition coefficient (Wildman–Crippen LogP) is 2.28. The molecule has 0 saturated carbocycles. The fourth-order valence-electron chi connectivity index (χ4n) is 6.96. The molecule has 16 heteroatoms. The van der Waals surface area contributed by atoms with E-state index in [0.29, 0.717) is 42.1 Å². The van der Waals surface area contributed by atoms with Crippen LogP contribution in [-0.4, -0.2) is 101 Å². The average molecular weight is 812 g/mol. The van der Waals surface area contributed by atoms with Gasteiger partial charge in [-0.05, 0) is 42.5 Å². The highest BCUT2D eigenvalue weighted by Crippen LogP contribution is 2.26. The smallest absolute Gasteiger partial charge is 0.358 e. The molecular weight excluding hydrogens is 762 g/mol. The lowest BCUT2D eigenvalue weighted by Gasteiger charge is -2.28. The fourth-order valence-corrected chi connectivity index (χ4v) is 6.96. The Hall–Kier alpha value is -6.21. The van der Waals surface area contributed by atoms with Crippen molar-refractivity contribution in [2.75, 3.05) is 31.2 Å². The molecule has 0 radical (unpaired) electrons. The van der Waals surface area contributed by atoms with Gasteiger partial charge in [0, 0.05) is 62.6 Å². The quantitative estimate of drug-likeness (QED) is 0.120. The van der Waals surface area contributed by atoms with Gasteiger partial charge in [-0.2, -0.15) is 0 Å². The summed E-state index contributed by atoms with van der Waals surface area (Å²) < 4.78 is 5.23. The molecule has 59 heavy (non-hydrogen) atoms. The van der Waals surface area contributed by atoms with Crippen LogP contribution in [0.25, 0.3) is 0 Å². The second-order valence-corrected chi connectivity index (χ2v) is 14.7. The number of nitrogens with one attached hydrogen (secondary N) is 2. The van der Waals surface area contributed by atoms with Gasteiger partial charge in [0.15, 0.2) is 5.78 Å². The van der Waals surface area contributed by atoms with Crippen molar-refractivity contribution in [1.82, 2.24) is 20.6 Å². The molecule has 0 aromatic heterocycles. The van der Waals surface area contributed by atoms with Crippen LogP contribution >= 0.6 is 0 Å². The Morgan fingerprint density at radius 2 is 1.53 bits per heavy atom. The van der Waals surface area contributed by atoms with E-state index in [9.17, 15) is 43.2 Å². The Balaban J connectivity index is 1.03. The molecule has 2 aromatic carbocycles. The van der Waals surface area contributed by atoms with Gasteiger partial charge in [0.25, 0.3) is 11.8 Å². The standard InChI is InChI=1S/C43H49N5O11/c1-3-28(2)42(35(50)22-24-58-27-41(56)59-48-38(53)20-21-39(48)54)45-43(57)34-13-8-23-46(34)40(55)25-44-36(51)18-16-32(49)17-19-37(52)47-26-31-11-5-4-9-29(31)14-15-30-10-6-7-12-33(30)47/h4-7,9-12,28,34,42H,3,8,13,16-27H2,1-2H3,(H,44,51)(H,45,57)/t28-,34-,42-/m0/s1. The summed E-state index contributed by atoms with van der Waals surface area (Å²) >= 11 is 0. The van der Waals surface area contributed by atoms with E-state index >= 15 is 0 Å². The molecule has 3 heterocycles. The molecule has 6 amide bonds. The molecule has 3 aliphatic heterocycles. The number of anilines is 1. The van der Waals surface area contributed by atoms with Gasteiger partial charge >= 0.3 is 5.97 Å². The fraction of sp³-hybridized carbons (Fsp3) is 0.465. The maximum Gasteiger partial charge on any atom is 0.358 e. The molecule has 2 saturated heterocycles. The lowest BCUT2D eigenvalue weighted by atomic mass is 9.93. The molecular formula is C43H49N5O11. The summed E-state index contributed by atoms with van der Waals surface area (Å²) in [5.41, 5.74) is 3.08. The molecule has 0 bridgehead atoms. The van der Waals surface area contributed by atoms with Crippen LogP contribution in [-0.2, 0) is 59.3 Å². The molecule has 0 unspecified atom stereocenters. The van der Waals surface area contributed by atoms with Gasteiger partial charge < -0.3 is 30.0 Å². The first-order chi connectivity index (χ1) is 28.4. The van der Waals surface area contributed by atoms with Crippen molar-refractivity contribution in [1.29, 1.82) is 0 Å². The van der Waals surface area contributed by atoms with Crippen LogP contribution in [0.3, 0.4) is 0 Å². The van der Waals surface area contributed by atoms with Crippen molar-refractivity contribution >= 4 is 58.7 Å². The number of hydrogen-bond acceptors (Lipinski definition) is 11. The van der Waals surface area contributed by atoms with Crippen LogP contribution in [0.4, 0.5) is 5.69 Å². The Labute approximate surface area is 342 Å². The first-order valence-corrected chi connectivity index (χ1v) is 19.9. The molecule has 0 aliphatic carbocycles. The molecule has 2 fully saturated rings. The number of likely N-dealkylation sites (tertiary alicyclic amines) is 1. The first kappa shape index (κ1) is 43.9. The average Bonchev–Trinajstić information content (AvgIpc) is 3.85. The maximum atomic E-state index is 13.5. The van der Waals surface area contributed by atoms with E-state index in [1.165, 1.54) is 4.90 Å². The van der Waals surface area contributed by atoms with Crippen LogP contribution in [0.2, 0.25) is 0 Å². The molecule has 16 nitrogen and oxygen atoms in total. The Kier molecular flexibility index (Phi) is 15.6. The van der Waals surface area contributed by atoms with E-state index in [1.54, 1.807) is 11.8 Å². The number of Topliss-reactive ketones (excluding diaryl/α,β-unsaturated/α-hetero) is 2. The van der Waals surface area contributed by atoms with Gasteiger partial charge in [-0.3, -0.25) is 38.4 Å². The Morgan fingerprint density at radius 3 is 2.27 bits per heavy atom. The minimum atomic E-state index is -0.971. The summed E-state index contributed by atoms with van der Waals surface area (Å²) in [6.45, 7) is 3.06. The number of amides is 6. The molecule has 2 aromatic rings. The highest BCUT2D eigenvalue weighted by Gasteiger charge is 2.37. The van der Waals surface area contributed by atoms with Crippen molar-refractivity contribution in [3.63, 3.8) is 0 Å². The lowest BCUT2D eigenvalue weighted by molar-refractivity contribution is -0.200. The van der Waals surface area contributed by atoms with Crippen molar-refractivity contribution in [3.8, 4) is 11.8 Å². The van der Waals surface area contributed by atoms with E-state index in [4.69, 9.17) is 9.57 Å². The number of imide groups is 1. The first-order valence-electron chi connectivity index (χ1n) is 19.9. The summed E-state index contributed by atoms with van der Waals surface area (Å²) in [6.07, 6.45) is 0.787. The van der Waals surface area contributed by atoms with E-state index in [1.807, 2.05) is 55.5 Å². The number of ether oxygens (including phenoxy) is 1. The van der Waals surface area contributed by atoms with Crippen molar-refractivity contribution in [2.24, 2.45) is 5.92 Å². The SMILES string of the molecule is CC[C@H](C)[C@H](NC(=O)[C@@H]1CCCN1C(=O)CNC(=O)CCC(=O)CCC(=O)N1Cc2ccccc2C#Cc2ccccc21)C(=O)CCOCC(=O)ON1C(=O)CCC1=O. The molecule has 3 aliphatic rings. The van der Waals surface area contributed by atoms with E-state index in [-0.39, 0.29) is 88.0 Å². The molecule has 2 N–H and O–H groups in total. The molecule has 312 valence electrons. The maximum absolute atomic E-state index is 13.5. The van der Waals surface area contributed by atoms with Crippen LogP contribution in [0.1, 0.15) is 94.7 Å². The van der Waals surface area contributed by atoms with Crippen LogP contribution in [0.5, 0.6) is 0 Å². The number of carbonyl (C=O) groups is 9. The number of ketones is 2. The third kappa shape index (κ3) is 11.9. The van der Waals surface area contributed by atoms with Gasteiger partial charge in [0.2, 0.25) is 23.6 Å². The number of benzene rings is 2. The van der Waals surface area contributed by atoms with Crippen LogP contribution in [0.15, 0.2) is 48.5 Å². The van der Waals surface area contributed by atoms with Crippen LogP contribution in [0, 0.1) is 17.8 Å². The van der Waals surface area contributed by atoms with E-state index in [0.717, 1.165) is 11.1 Å². The topological polar surface area (TPSA) is 206 Å². The monoisotopic (exact) mass is 811 g/mol. The molecule has 5 rings (SSSR count). The van der Waals surface area contributed by atoms with Gasteiger partial charge in [0.05, 0.1) is 31.4 Å². The number of carbonyl (C=O) groups excluding carboxylic acids is 9. The summed E-state index contributed by atoms with van der Waals surface area (Å²) in [6, 6.07) is 13.2. The third-order valence-corrected chi connectivity index (χ3v) is 10.5. The zero-order valence-corrected chi connectivity index (χ0v) is 33.3. The zero-order chi connectivity index (χ0) is 42.5. The second kappa shape index (κ2) is 21.0. The van der Waals surface area contributed by atoms with Gasteiger partial charge in [0.1, 0.15) is 18.4 Å². The normalized spacial score (nSPS) is 16.7. The largest absolute Gasteiger partial charge is 0.369 e. The number of hydrogen-bond donors (Lipinski definition) is 2. The van der Waals surface area contributed by atoms with Crippen LogP contribution < -0.4 is 15.5 Å². The number of fused-ring (bicyclic) bond motifs is 2. The van der Waals surface area contributed by atoms with Crippen molar-refractivity contribution in [3.05, 3.63) is 65.2 Å². The second-order valence-electron chi connectivity index (χ2n) is 14.7. The number of para-hydroxylation sites is 1. The van der Waals surface area contributed by atoms with Gasteiger partial charge in [-0.1, -0.05) is 62.4 Å². The summed E-state index contributed by atoms with van der Waals surface area (Å²) in [7, 11) is 0. The minimum absolute atomic E-state index is 0.0479. The van der Waals surface area contributed by atoms with Gasteiger partial charge in [-0.25, -0.2) is 4.79 Å². The summed E-state index contributed by atoms with van der Waals surface area (Å²) in [4.78, 5) is 122. The third-order valence-electron chi connectivity index (χ3n) is 10.5.